The monoisotopic (exact) mass is 289 g/mol. The Balaban J connectivity index is 1.81. The van der Waals surface area contributed by atoms with Gasteiger partial charge >= 0.3 is 0 Å². The molecule has 7 nitrogen and oxygen atoms in total. The van der Waals surface area contributed by atoms with Crippen LogP contribution in [0.3, 0.4) is 0 Å². The number of aryl methyl sites for hydroxylation is 1. The number of rotatable bonds is 4. The zero-order valence-corrected chi connectivity index (χ0v) is 12.1. The average molecular weight is 289 g/mol. The minimum absolute atomic E-state index is 0.0111. The van der Waals surface area contributed by atoms with E-state index >= 15 is 0 Å². The van der Waals surface area contributed by atoms with Crippen LogP contribution >= 0.6 is 0 Å². The third-order valence-electron chi connectivity index (χ3n) is 3.62. The number of hydrogen-bond acceptors (Lipinski definition) is 4. The van der Waals surface area contributed by atoms with Crippen molar-refractivity contribution in [3.63, 3.8) is 0 Å². The highest BCUT2D eigenvalue weighted by Crippen LogP contribution is 2.17. The van der Waals surface area contributed by atoms with E-state index in [1.807, 2.05) is 22.6 Å². The lowest BCUT2D eigenvalue weighted by Gasteiger charge is -2.19. The van der Waals surface area contributed by atoms with Crippen molar-refractivity contribution in [1.29, 1.82) is 0 Å². The number of hydrogen-bond donors (Lipinski definition) is 1. The Morgan fingerprint density at radius 1 is 1.48 bits per heavy atom. The molecule has 1 N–H and O–H groups in total. The number of carbonyl (C=O) groups excluding carboxylic acids is 1. The fourth-order valence-corrected chi connectivity index (χ4v) is 2.51. The van der Waals surface area contributed by atoms with Gasteiger partial charge in [-0.15, -0.1) is 5.10 Å². The number of nitrogens with zero attached hydrogens (tertiary/aromatic N) is 4. The highest BCUT2D eigenvalue weighted by atomic mass is 16.5. The number of fused-ring (bicyclic) bond motifs is 1. The van der Waals surface area contributed by atoms with Gasteiger partial charge in [0.25, 0.3) is 5.91 Å². The van der Waals surface area contributed by atoms with Gasteiger partial charge in [-0.05, 0) is 25.5 Å². The van der Waals surface area contributed by atoms with E-state index in [0.29, 0.717) is 25.5 Å². The number of aromatic nitrogens is 4. The molecule has 0 radical (unpaired) electrons. The van der Waals surface area contributed by atoms with Gasteiger partial charge in [0.1, 0.15) is 11.4 Å². The van der Waals surface area contributed by atoms with E-state index in [2.05, 4.69) is 15.3 Å². The molecule has 7 heteroatoms. The first kappa shape index (κ1) is 13.8. The van der Waals surface area contributed by atoms with E-state index in [1.54, 1.807) is 12.3 Å². The summed E-state index contributed by atoms with van der Waals surface area (Å²) in [5.74, 6) is 0.0111. The van der Waals surface area contributed by atoms with Gasteiger partial charge in [-0.3, -0.25) is 4.79 Å². The first-order chi connectivity index (χ1) is 10.3. The number of amides is 1. The van der Waals surface area contributed by atoms with Crippen LogP contribution < -0.4 is 0 Å². The second-order valence-corrected chi connectivity index (χ2v) is 5.01. The van der Waals surface area contributed by atoms with Crippen molar-refractivity contribution >= 4 is 5.91 Å². The summed E-state index contributed by atoms with van der Waals surface area (Å²) >= 11 is 0. The summed E-state index contributed by atoms with van der Waals surface area (Å²) in [5, 5.41) is 8.34. The Morgan fingerprint density at radius 3 is 3.14 bits per heavy atom. The molecule has 0 aromatic carbocycles. The van der Waals surface area contributed by atoms with E-state index in [9.17, 15) is 4.79 Å². The van der Waals surface area contributed by atoms with Gasteiger partial charge in [0.15, 0.2) is 0 Å². The minimum atomic E-state index is 0.0111. The molecule has 0 saturated heterocycles. The average Bonchev–Trinajstić information content (AvgIpc) is 3.10. The second kappa shape index (κ2) is 6.09. The number of aromatic amines is 1. The standard InChI is InChI=1S/C14H19N5O2/c1-2-21-10-12-13-9-18(7-4-8-19(13)17-16-12)14(20)11-5-3-6-15-11/h3,5-6,15H,2,4,7-10H2,1H3. The van der Waals surface area contributed by atoms with Crippen molar-refractivity contribution < 1.29 is 9.53 Å². The Morgan fingerprint density at radius 2 is 2.38 bits per heavy atom. The maximum Gasteiger partial charge on any atom is 0.270 e. The number of ether oxygens (including phenoxy) is 1. The summed E-state index contributed by atoms with van der Waals surface area (Å²) in [6, 6.07) is 3.63. The lowest BCUT2D eigenvalue weighted by Crippen LogP contribution is -2.31. The normalized spacial score (nSPS) is 14.8. The molecule has 1 amide bonds. The molecule has 0 spiro atoms. The summed E-state index contributed by atoms with van der Waals surface area (Å²) in [6.07, 6.45) is 2.63. The van der Waals surface area contributed by atoms with Crippen LogP contribution in [0.15, 0.2) is 18.3 Å². The van der Waals surface area contributed by atoms with Crippen molar-refractivity contribution in [3.8, 4) is 0 Å². The molecule has 3 rings (SSSR count). The summed E-state index contributed by atoms with van der Waals surface area (Å²) in [5.41, 5.74) is 2.41. The Bertz CT molecular complexity index is 605. The molecule has 0 aliphatic carbocycles. The third-order valence-corrected chi connectivity index (χ3v) is 3.62. The largest absolute Gasteiger partial charge is 0.375 e. The quantitative estimate of drug-likeness (QED) is 0.917. The van der Waals surface area contributed by atoms with Crippen molar-refractivity contribution in [2.24, 2.45) is 0 Å². The molecule has 0 fully saturated rings. The third kappa shape index (κ3) is 2.82. The van der Waals surface area contributed by atoms with Gasteiger partial charge in [0.2, 0.25) is 0 Å². The van der Waals surface area contributed by atoms with Crippen molar-refractivity contribution in [2.45, 2.75) is 33.0 Å². The van der Waals surface area contributed by atoms with E-state index < -0.39 is 0 Å². The molecule has 0 unspecified atom stereocenters. The van der Waals surface area contributed by atoms with Gasteiger partial charge in [-0.2, -0.15) is 0 Å². The van der Waals surface area contributed by atoms with E-state index in [0.717, 1.165) is 30.9 Å². The van der Waals surface area contributed by atoms with Gasteiger partial charge in [-0.25, -0.2) is 4.68 Å². The molecule has 0 bridgehead atoms. The summed E-state index contributed by atoms with van der Waals surface area (Å²) in [4.78, 5) is 17.3. The Hall–Kier alpha value is -2.15. The van der Waals surface area contributed by atoms with Crippen LogP contribution in [-0.4, -0.2) is 43.9 Å². The van der Waals surface area contributed by atoms with E-state index in [-0.39, 0.29) is 5.91 Å². The molecular formula is C14H19N5O2. The number of H-pyrrole nitrogens is 1. The fraction of sp³-hybridized carbons (Fsp3) is 0.500. The van der Waals surface area contributed by atoms with Crippen LogP contribution in [0.1, 0.15) is 35.2 Å². The topological polar surface area (TPSA) is 76.0 Å². The van der Waals surface area contributed by atoms with Crippen LogP contribution in [0.4, 0.5) is 0 Å². The zero-order chi connectivity index (χ0) is 14.7. The molecule has 112 valence electrons. The molecular weight excluding hydrogens is 270 g/mol. The highest BCUT2D eigenvalue weighted by Gasteiger charge is 2.24. The summed E-state index contributed by atoms with van der Waals surface area (Å²) < 4.78 is 7.31. The minimum Gasteiger partial charge on any atom is -0.375 e. The predicted molar refractivity (Wildman–Crippen MR) is 75.5 cm³/mol. The fourth-order valence-electron chi connectivity index (χ4n) is 2.51. The van der Waals surface area contributed by atoms with E-state index in [1.165, 1.54) is 0 Å². The van der Waals surface area contributed by atoms with Crippen molar-refractivity contribution in [1.82, 2.24) is 24.9 Å². The first-order valence-corrected chi connectivity index (χ1v) is 7.21. The zero-order valence-electron chi connectivity index (χ0n) is 12.1. The summed E-state index contributed by atoms with van der Waals surface area (Å²) in [6.45, 7) is 5.04. The molecule has 0 saturated carbocycles. The maximum absolute atomic E-state index is 12.5. The lowest BCUT2D eigenvalue weighted by atomic mass is 10.2. The number of nitrogens with one attached hydrogen (secondary N) is 1. The van der Waals surface area contributed by atoms with Crippen LogP contribution in [-0.2, 0) is 24.4 Å². The molecule has 21 heavy (non-hydrogen) atoms. The van der Waals surface area contributed by atoms with E-state index in [4.69, 9.17) is 4.74 Å². The van der Waals surface area contributed by atoms with Crippen LogP contribution in [0.25, 0.3) is 0 Å². The van der Waals surface area contributed by atoms with Crippen LogP contribution in [0, 0.1) is 0 Å². The first-order valence-electron chi connectivity index (χ1n) is 7.21. The van der Waals surface area contributed by atoms with Gasteiger partial charge in [-0.1, -0.05) is 5.21 Å². The molecule has 2 aromatic heterocycles. The van der Waals surface area contributed by atoms with Gasteiger partial charge in [0, 0.05) is 25.9 Å². The molecule has 2 aromatic rings. The van der Waals surface area contributed by atoms with Crippen LogP contribution in [0.5, 0.6) is 0 Å². The second-order valence-electron chi connectivity index (χ2n) is 5.01. The predicted octanol–water partition coefficient (Wildman–Crippen LogP) is 1.19. The van der Waals surface area contributed by atoms with Crippen molar-refractivity contribution in [2.75, 3.05) is 13.2 Å². The lowest BCUT2D eigenvalue weighted by molar-refractivity contribution is 0.0737. The van der Waals surface area contributed by atoms with Crippen LogP contribution in [0.2, 0.25) is 0 Å². The van der Waals surface area contributed by atoms with Gasteiger partial charge < -0.3 is 14.6 Å². The smallest absolute Gasteiger partial charge is 0.270 e. The van der Waals surface area contributed by atoms with Crippen molar-refractivity contribution in [3.05, 3.63) is 35.4 Å². The highest BCUT2D eigenvalue weighted by molar-refractivity contribution is 5.92. The molecule has 1 aliphatic rings. The Labute approximate surface area is 122 Å². The molecule has 0 atom stereocenters. The van der Waals surface area contributed by atoms with Gasteiger partial charge in [0.05, 0.1) is 18.8 Å². The summed E-state index contributed by atoms with van der Waals surface area (Å²) in [7, 11) is 0. The maximum atomic E-state index is 12.5. The molecule has 3 heterocycles. The number of carbonyl (C=O) groups is 1. The molecule has 1 aliphatic heterocycles. The Kier molecular flexibility index (Phi) is 4.01. The SMILES string of the molecule is CCOCc1nnn2c1CN(C(=O)c1ccc[nH]1)CCC2.